The second-order valence-corrected chi connectivity index (χ2v) is 5.78. The average Bonchev–Trinajstić information content (AvgIpc) is 3.24. The SMILES string of the molecule is O=c1[nH][n+]2c(Cc3ccc(Cl)nc3)cccc2n1C1CC1. The zero-order chi connectivity index (χ0) is 14.4. The van der Waals surface area contributed by atoms with Gasteiger partial charge in [0.1, 0.15) is 16.9 Å². The maximum atomic E-state index is 12.1. The van der Waals surface area contributed by atoms with E-state index >= 15 is 0 Å². The Morgan fingerprint density at radius 1 is 1.33 bits per heavy atom. The zero-order valence-electron chi connectivity index (χ0n) is 11.3. The predicted octanol–water partition coefficient (Wildman–Crippen LogP) is 1.89. The van der Waals surface area contributed by atoms with E-state index in [1.165, 1.54) is 0 Å². The van der Waals surface area contributed by atoms with Gasteiger partial charge in [-0.05, 0) is 30.5 Å². The van der Waals surface area contributed by atoms with Gasteiger partial charge >= 0.3 is 11.3 Å². The number of fused-ring (bicyclic) bond motifs is 1. The summed E-state index contributed by atoms with van der Waals surface area (Å²) in [6.07, 6.45) is 4.62. The fraction of sp³-hybridized carbons (Fsp3) is 0.267. The molecule has 106 valence electrons. The molecule has 0 spiro atoms. The van der Waals surface area contributed by atoms with E-state index in [0.717, 1.165) is 29.7 Å². The summed E-state index contributed by atoms with van der Waals surface area (Å²) in [6, 6.07) is 10.0. The minimum atomic E-state index is -0.0424. The van der Waals surface area contributed by atoms with Gasteiger partial charge in [-0.25, -0.2) is 9.78 Å². The molecule has 1 N–H and O–H groups in total. The Bertz CT molecular complexity index is 862. The van der Waals surface area contributed by atoms with Crippen LogP contribution in [0.4, 0.5) is 0 Å². The summed E-state index contributed by atoms with van der Waals surface area (Å²) < 4.78 is 3.72. The number of pyridine rings is 2. The number of rotatable bonds is 3. The third-order valence-electron chi connectivity index (χ3n) is 3.81. The third-order valence-corrected chi connectivity index (χ3v) is 4.03. The fourth-order valence-corrected chi connectivity index (χ4v) is 2.77. The molecule has 5 nitrogen and oxygen atoms in total. The van der Waals surface area contributed by atoms with Gasteiger partial charge in [-0.2, -0.15) is 9.67 Å². The van der Waals surface area contributed by atoms with Gasteiger partial charge in [-0.1, -0.05) is 23.7 Å². The van der Waals surface area contributed by atoms with Gasteiger partial charge in [0.05, 0.1) is 0 Å². The molecule has 0 saturated heterocycles. The van der Waals surface area contributed by atoms with E-state index in [-0.39, 0.29) is 5.69 Å². The summed E-state index contributed by atoms with van der Waals surface area (Å²) in [5, 5.41) is 3.41. The van der Waals surface area contributed by atoms with Crippen molar-refractivity contribution in [1.82, 2.24) is 14.6 Å². The van der Waals surface area contributed by atoms with Crippen LogP contribution in [0.5, 0.6) is 0 Å². The minimum absolute atomic E-state index is 0.0424. The molecule has 0 bridgehead atoms. The molecule has 21 heavy (non-hydrogen) atoms. The normalized spacial score (nSPS) is 14.7. The van der Waals surface area contributed by atoms with E-state index in [1.54, 1.807) is 12.3 Å². The largest absolute Gasteiger partial charge is 0.444 e. The quantitative estimate of drug-likeness (QED) is 0.593. The Morgan fingerprint density at radius 2 is 2.19 bits per heavy atom. The lowest BCUT2D eigenvalue weighted by atomic mass is 10.1. The summed E-state index contributed by atoms with van der Waals surface area (Å²) in [4.78, 5) is 16.2. The number of aromatic amines is 1. The third kappa shape index (κ3) is 2.23. The second kappa shape index (κ2) is 4.70. The lowest BCUT2D eigenvalue weighted by molar-refractivity contribution is -0.587. The molecule has 1 aliphatic carbocycles. The van der Waals surface area contributed by atoms with E-state index in [2.05, 4.69) is 10.1 Å². The van der Waals surface area contributed by atoms with Crippen LogP contribution in [0.1, 0.15) is 30.1 Å². The molecule has 6 heteroatoms. The average molecular weight is 302 g/mol. The number of nitrogens with one attached hydrogen (secondary N) is 1. The number of halogens is 1. The van der Waals surface area contributed by atoms with E-state index in [1.807, 2.05) is 33.3 Å². The summed E-state index contributed by atoms with van der Waals surface area (Å²) >= 11 is 5.81. The molecule has 0 radical (unpaired) electrons. The highest BCUT2D eigenvalue weighted by molar-refractivity contribution is 6.29. The van der Waals surface area contributed by atoms with E-state index in [0.29, 0.717) is 17.6 Å². The highest BCUT2D eigenvalue weighted by Gasteiger charge is 2.34. The molecule has 1 aliphatic rings. The van der Waals surface area contributed by atoms with Gasteiger partial charge in [0.2, 0.25) is 0 Å². The van der Waals surface area contributed by atoms with Gasteiger partial charge in [-0.15, -0.1) is 4.52 Å². The van der Waals surface area contributed by atoms with Gasteiger partial charge in [0.15, 0.2) is 0 Å². The molecule has 0 unspecified atom stereocenters. The van der Waals surface area contributed by atoms with Crippen molar-refractivity contribution in [3.8, 4) is 0 Å². The van der Waals surface area contributed by atoms with Crippen molar-refractivity contribution >= 4 is 17.2 Å². The van der Waals surface area contributed by atoms with Crippen LogP contribution < -0.4 is 10.2 Å². The minimum Gasteiger partial charge on any atom is -0.244 e. The lowest BCUT2D eigenvalue weighted by Gasteiger charge is -2.00. The van der Waals surface area contributed by atoms with Crippen LogP contribution >= 0.6 is 11.6 Å². The zero-order valence-corrected chi connectivity index (χ0v) is 12.0. The first-order chi connectivity index (χ1) is 10.2. The van der Waals surface area contributed by atoms with Crippen molar-refractivity contribution in [3.05, 3.63) is 63.4 Å². The molecule has 0 amide bonds. The molecular weight excluding hydrogens is 288 g/mol. The van der Waals surface area contributed by atoms with Gasteiger partial charge in [0, 0.05) is 18.7 Å². The second-order valence-electron chi connectivity index (χ2n) is 5.39. The van der Waals surface area contributed by atoms with Gasteiger partial charge in [-0.3, -0.25) is 0 Å². The molecule has 0 aromatic carbocycles. The summed E-state index contributed by atoms with van der Waals surface area (Å²) in [6.45, 7) is 0. The first kappa shape index (κ1) is 12.6. The predicted molar refractivity (Wildman–Crippen MR) is 78.5 cm³/mol. The van der Waals surface area contributed by atoms with Crippen LogP contribution in [0, 0.1) is 0 Å². The number of aromatic nitrogens is 4. The molecule has 3 aromatic heterocycles. The fourth-order valence-electron chi connectivity index (χ4n) is 2.66. The number of nitrogens with zero attached hydrogens (tertiary/aromatic N) is 3. The Hall–Kier alpha value is -2.14. The van der Waals surface area contributed by atoms with Crippen molar-refractivity contribution in [2.45, 2.75) is 25.3 Å². The highest BCUT2D eigenvalue weighted by atomic mass is 35.5. The Labute approximate surface area is 125 Å². The van der Waals surface area contributed by atoms with E-state index in [4.69, 9.17) is 11.6 Å². The van der Waals surface area contributed by atoms with Crippen LogP contribution in [-0.4, -0.2) is 14.6 Å². The van der Waals surface area contributed by atoms with Crippen molar-refractivity contribution in [3.63, 3.8) is 0 Å². The van der Waals surface area contributed by atoms with Crippen molar-refractivity contribution in [2.75, 3.05) is 0 Å². The highest BCUT2D eigenvalue weighted by Crippen LogP contribution is 2.34. The maximum Gasteiger partial charge on any atom is 0.444 e. The number of hydrogen-bond donors (Lipinski definition) is 1. The van der Waals surface area contributed by atoms with Crippen LogP contribution in [-0.2, 0) is 6.42 Å². The van der Waals surface area contributed by atoms with Crippen molar-refractivity contribution < 1.29 is 4.52 Å². The van der Waals surface area contributed by atoms with Crippen LogP contribution in [0.3, 0.4) is 0 Å². The molecular formula is C15H14ClN4O+. The van der Waals surface area contributed by atoms with Crippen LogP contribution in [0.2, 0.25) is 5.15 Å². The van der Waals surface area contributed by atoms with Crippen LogP contribution in [0.15, 0.2) is 41.3 Å². The summed E-state index contributed by atoms with van der Waals surface area (Å²) in [5.41, 5.74) is 2.95. The van der Waals surface area contributed by atoms with Gasteiger partial charge < -0.3 is 0 Å². The Morgan fingerprint density at radius 3 is 2.90 bits per heavy atom. The number of hydrogen-bond acceptors (Lipinski definition) is 2. The van der Waals surface area contributed by atoms with Crippen LogP contribution in [0.25, 0.3) is 5.65 Å². The molecule has 0 atom stereocenters. The van der Waals surface area contributed by atoms with Crippen molar-refractivity contribution in [2.24, 2.45) is 0 Å². The first-order valence-electron chi connectivity index (χ1n) is 6.97. The van der Waals surface area contributed by atoms with Gasteiger partial charge in [0.25, 0.3) is 0 Å². The monoisotopic (exact) mass is 301 g/mol. The van der Waals surface area contributed by atoms with E-state index in [9.17, 15) is 4.79 Å². The standard InChI is InChI=1S/C15H13ClN4O/c16-13-7-4-10(9-17-13)8-12-2-1-3-14-19(11-5-6-11)15(21)18-20(12)14/h1-4,7,9,11H,5-6,8H2/p+1. The summed E-state index contributed by atoms with van der Waals surface area (Å²) in [7, 11) is 0. The smallest absolute Gasteiger partial charge is 0.244 e. The van der Waals surface area contributed by atoms with Crippen molar-refractivity contribution in [1.29, 1.82) is 0 Å². The summed E-state index contributed by atoms with van der Waals surface area (Å²) in [5.74, 6) is 0. The molecule has 3 heterocycles. The molecule has 4 rings (SSSR count). The Kier molecular flexibility index (Phi) is 2.82. The molecule has 1 fully saturated rings. The van der Waals surface area contributed by atoms with E-state index < -0.39 is 0 Å². The number of H-pyrrole nitrogens is 1. The Balaban J connectivity index is 1.80. The topological polar surface area (TPSA) is 54.8 Å². The molecule has 1 saturated carbocycles. The first-order valence-corrected chi connectivity index (χ1v) is 7.35. The molecule has 0 aliphatic heterocycles. The maximum absolute atomic E-state index is 12.1. The lowest BCUT2D eigenvalue weighted by Crippen LogP contribution is -2.31. The molecule has 3 aromatic rings.